The first kappa shape index (κ1) is 14.5. The molecule has 2 aromatic rings. The summed E-state index contributed by atoms with van der Waals surface area (Å²) in [5, 5.41) is 19.9. The maximum Gasteiger partial charge on any atom is 0.411 e. The molecule has 21 heavy (non-hydrogen) atoms. The number of benzene rings is 2. The van der Waals surface area contributed by atoms with E-state index in [2.05, 4.69) is 0 Å². The molecule has 0 bridgehead atoms. The number of hydrogen-bond acceptors (Lipinski definition) is 3. The number of anilines is 1. The first-order chi connectivity index (χ1) is 10.1. The second kappa shape index (κ2) is 6.51. The summed E-state index contributed by atoms with van der Waals surface area (Å²) in [6, 6.07) is 15.0. The van der Waals surface area contributed by atoms with Crippen LogP contribution in [0.5, 0.6) is 0 Å². The summed E-state index contributed by atoms with van der Waals surface area (Å²) in [6.45, 7) is 0.289. The zero-order chi connectivity index (χ0) is 15.2. The third-order valence-electron chi connectivity index (χ3n) is 3.07. The Labute approximate surface area is 121 Å². The maximum atomic E-state index is 11.3. The number of amides is 1. The normalized spacial score (nSPS) is 10.1. The Morgan fingerprint density at radius 2 is 1.71 bits per heavy atom. The minimum atomic E-state index is -1.08. The fraction of sp³-hybridized carbons (Fsp3) is 0.133. The van der Waals surface area contributed by atoms with Crippen LogP contribution in [-0.2, 0) is 6.42 Å². The second-order valence-electron chi connectivity index (χ2n) is 4.44. The van der Waals surface area contributed by atoms with Gasteiger partial charge in [-0.3, -0.25) is 15.0 Å². The van der Waals surface area contributed by atoms with Crippen molar-refractivity contribution in [1.82, 2.24) is 0 Å². The van der Waals surface area contributed by atoms with Crippen LogP contribution in [-0.4, -0.2) is 22.7 Å². The van der Waals surface area contributed by atoms with E-state index in [4.69, 9.17) is 0 Å². The molecule has 1 amide bonds. The van der Waals surface area contributed by atoms with Gasteiger partial charge in [-0.1, -0.05) is 30.3 Å². The van der Waals surface area contributed by atoms with Crippen molar-refractivity contribution in [1.29, 1.82) is 0 Å². The maximum absolute atomic E-state index is 11.3. The number of hydrogen-bond donors (Lipinski definition) is 1. The van der Waals surface area contributed by atoms with Gasteiger partial charge in [-0.2, -0.15) is 0 Å². The molecule has 0 aliphatic carbocycles. The van der Waals surface area contributed by atoms with Crippen LogP contribution in [0.25, 0.3) is 0 Å². The highest BCUT2D eigenvalue weighted by Gasteiger charge is 2.15. The fourth-order valence-electron chi connectivity index (χ4n) is 1.98. The molecule has 0 saturated heterocycles. The van der Waals surface area contributed by atoms with Crippen LogP contribution in [0.1, 0.15) is 5.56 Å². The standard InChI is InChI=1S/C15H14N2O4/c18-15(19)16(11-10-12-4-2-1-3-5-12)13-6-8-14(9-7-13)17(20)21/h1-9H,10-11H2,(H,18,19). The van der Waals surface area contributed by atoms with E-state index in [1.54, 1.807) is 0 Å². The molecule has 1 N–H and O–H groups in total. The van der Waals surface area contributed by atoms with E-state index >= 15 is 0 Å². The predicted octanol–water partition coefficient (Wildman–Crippen LogP) is 3.32. The van der Waals surface area contributed by atoms with Gasteiger partial charge in [-0.25, -0.2) is 4.79 Å². The van der Waals surface area contributed by atoms with E-state index in [9.17, 15) is 20.0 Å². The molecule has 0 saturated carbocycles. The van der Waals surface area contributed by atoms with Gasteiger partial charge in [0, 0.05) is 24.4 Å². The van der Waals surface area contributed by atoms with Crippen molar-refractivity contribution >= 4 is 17.5 Å². The zero-order valence-corrected chi connectivity index (χ0v) is 11.2. The van der Waals surface area contributed by atoms with Crippen molar-refractivity contribution in [2.24, 2.45) is 0 Å². The molecule has 2 rings (SSSR count). The van der Waals surface area contributed by atoms with Crippen molar-refractivity contribution in [2.45, 2.75) is 6.42 Å². The van der Waals surface area contributed by atoms with Gasteiger partial charge in [-0.15, -0.1) is 0 Å². The lowest BCUT2D eigenvalue weighted by Gasteiger charge is -2.19. The second-order valence-corrected chi connectivity index (χ2v) is 4.44. The number of nitro benzene ring substituents is 1. The summed E-state index contributed by atoms with van der Waals surface area (Å²) in [4.78, 5) is 22.6. The Morgan fingerprint density at radius 3 is 2.24 bits per heavy atom. The summed E-state index contributed by atoms with van der Waals surface area (Å²) in [6.07, 6.45) is -0.510. The molecule has 6 heteroatoms. The molecule has 0 heterocycles. The van der Waals surface area contributed by atoms with E-state index in [1.807, 2.05) is 30.3 Å². The van der Waals surface area contributed by atoms with Crippen LogP contribution in [0.2, 0.25) is 0 Å². The molecule has 0 radical (unpaired) electrons. The molecule has 6 nitrogen and oxygen atoms in total. The summed E-state index contributed by atoms with van der Waals surface area (Å²) in [5.74, 6) is 0. The van der Waals surface area contributed by atoms with E-state index in [0.717, 1.165) is 5.56 Å². The number of carboxylic acid groups (broad SMARTS) is 1. The van der Waals surface area contributed by atoms with Crippen LogP contribution >= 0.6 is 0 Å². The molecule has 0 fully saturated rings. The molecule has 0 spiro atoms. The number of nitrogens with zero attached hydrogens (tertiary/aromatic N) is 2. The topological polar surface area (TPSA) is 83.7 Å². The van der Waals surface area contributed by atoms with E-state index < -0.39 is 11.0 Å². The largest absolute Gasteiger partial charge is 0.465 e. The van der Waals surface area contributed by atoms with Gasteiger partial charge in [0.2, 0.25) is 0 Å². The summed E-state index contributed by atoms with van der Waals surface area (Å²) >= 11 is 0. The van der Waals surface area contributed by atoms with Crippen molar-refractivity contribution in [3.8, 4) is 0 Å². The van der Waals surface area contributed by atoms with E-state index in [0.29, 0.717) is 12.1 Å². The van der Waals surface area contributed by atoms with E-state index in [-0.39, 0.29) is 12.2 Å². The smallest absolute Gasteiger partial charge is 0.411 e. The number of nitro groups is 1. The lowest BCUT2D eigenvalue weighted by molar-refractivity contribution is -0.384. The van der Waals surface area contributed by atoms with Gasteiger partial charge >= 0.3 is 6.09 Å². The summed E-state index contributed by atoms with van der Waals surface area (Å²) in [7, 11) is 0. The Balaban J connectivity index is 2.11. The molecule has 0 aliphatic rings. The highest BCUT2D eigenvalue weighted by Crippen LogP contribution is 2.20. The third kappa shape index (κ3) is 3.79. The molecule has 0 atom stereocenters. The van der Waals surface area contributed by atoms with Crippen LogP contribution in [0, 0.1) is 10.1 Å². The first-order valence-electron chi connectivity index (χ1n) is 6.37. The Morgan fingerprint density at radius 1 is 1.10 bits per heavy atom. The fourth-order valence-corrected chi connectivity index (χ4v) is 1.98. The number of carbonyl (C=O) groups is 1. The summed E-state index contributed by atoms with van der Waals surface area (Å²) in [5.41, 5.74) is 1.39. The van der Waals surface area contributed by atoms with E-state index in [1.165, 1.54) is 29.2 Å². The molecule has 0 aliphatic heterocycles. The third-order valence-corrected chi connectivity index (χ3v) is 3.07. The van der Waals surface area contributed by atoms with Gasteiger partial charge in [0.1, 0.15) is 0 Å². The molecular weight excluding hydrogens is 272 g/mol. The Hall–Kier alpha value is -2.89. The van der Waals surface area contributed by atoms with Crippen LogP contribution in [0.4, 0.5) is 16.2 Å². The quantitative estimate of drug-likeness (QED) is 0.675. The highest BCUT2D eigenvalue weighted by molar-refractivity contribution is 5.86. The molecule has 0 aromatic heterocycles. The van der Waals surface area contributed by atoms with Crippen molar-refractivity contribution in [3.63, 3.8) is 0 Å². The van der Waals surface area contributed by atoms with Crippen molar-refractivity contribution in [2.75, 3.05) is 11.4 Å². The minimum absolute atomic E-state index is 0.0628. The molecule has 108 valence electrons. The predicted molar refractivity (Wildman–Crippen MR) is 78.6 cm³/mol. The van der Waals surface area contributed by atoms with Crippen LogP contribution < -0.4 is 4.90 Å². The van der Waals surface area contributed by atoms with Gasteiger partial charge < -0.3 is 5.11 Å². The SMILES string of the molecule is O=C(O)N(CCc1ccccc1)c1ccc([N+](=O)[O-])cc1. The number of non-ortho nitro benzene ring substituents is 1. The molecule has 2 aromatic carbocycles. The van der Waals surface area contributed by atoms with Gasteiger partial charge in [0.05, 0.1) is 4.92 Å². The van der Waals surface area contributed by atoms with Gasteiger partial charge in [0.25, 0.3) is 5.69 Å². The lowest BCUT2D eigenvalue weighted by Crippen LogP contribution is -2.31. The average molecular weight is 286 g/mol. The summed E-state index contributed by atoms with van der Waals surface area (Å²) < 4.78 is 0. The average Bonchev–Trinajstić information content (AvgIpc) is 2.48. The first-order valence-corrected chi connectivity index (χ1v) is 6.37. The van der Waals surface area contributed by atoms with Crippen LogP contribution in [0.3, 0.4) is 0 Å². The minimum Gasteiger partial charge on any atom is -0.465 e. The highest BCUT2D eigenvalue weighted by atomic mass is 16.6. The van der Waals surface area contributed by atoms with Gasteiger partial charge in [-0.05, 0) is 24.1 Å². The Kier molecular flexibility index (Phi) is 4.50. The van der Waals surface area contributed by atoms with Crippen molar-refractivity contribution < 1.29 is 14.8 Å². The Bertz CT molecular complexity index is 626. The zero-order valence-electron chi connectivity index (χ0n) is 11.2. The van der Waals surface area contributed by atoms with Gasteiger partial charge in [0.15, 0.2) is 0 Å². The number of rotatable bonds is 5. The van der Waals surface area contributed by atoms with Crippen LogP contribution in [0.15, 0.2) is 54.6 Å². The lowest BCUT2D eigenvalue weighted by atomic mass is 10.1. The molecule has 0 unspecified atom stereocenters. The molecular formula is C15H14N2O4. The van der Waals surface area contributed by atoms with Crippen molar-refractivity contribution in [3.05, 3.63) is 70.3 Å². The monoisotopic (exact) mass is 286 g/mol.